The highest BCUT2D eigenvalue weighted by atomic mass is 32.1. The average Bonchev–Trinajstić information content (AvgIpc) is 3.18. The van der Waals surface area contributed by atoms with Gasteiger partial charge in [0, 0.05) is 23.0 Å². The van der Waals surface area contributed by atoms with Gasteiger partial charge in [-0.25, -0.2) is 0 Å². The summed E-state index contributed by atoms with van der Waals surface area (Å²) in [7, 11) is 0. The lowest BCUT2D eigenvalue weighted by molar-refractivity contribution is 0.490. The van der Waals surface area contributed by atoms with E-state index in [-0.39, 0.29) is 5.41 Å². The Balaban J connectivity index is 1.99. The third-order valence-corrected chi connectivity index (χ3v) is 5.58. The van der Waals surface area contributed by atoms with E-state index < -0.39 is 0 Å². The molecule has 126 valence electrons. The van der Waals surface area contributed by atoms with Crippen LogP contribution in [0.3, 0.4) is 0 Å². The Labute approximate surface area is 148 Å². The molecule has 0 fully saturated rings. The highest BCUT2D eigenvalue weighted by Crippen LogP contribution is 2.45. The molecule has 0 spiro atoms. The molecular weight excluding hydrogens is 316 g/mol. The molecule has 0 radical (unpaired) electrons. The maximum atomic E-state index is 9.26. The predicted octanol–water partition coefficient (Wildman–Crippen LogP) is 3.85. The minimum Gasteiger partial charge on any atom is -0.361 e. The third kappa shape index (κ3) is 3.17. The van der Waals surface area contributed by atoms with Crippen molar-refractivity contribution in [3.63, 3.8) is 0 Å². The van der Waals surface area contributed by atoms with Gasteiger partial charge in [-0.1, -0.05) is 26.8 Å². The van der Waals surface area contributed by atoms with Gasteiger partial charge >= 0.3 is 0 Å². The molecule has 1 N–H and O–H groups in total. The Bertz CT molecular complexity index is 730. The van der Waals surface area contributed by atoms with Crippen molar-refractivity contribution in [2.45, 2.75) is 38.6 Å². The number of hydrogen-bond acceptors (Lipinski definition) is 5. The summed E-state index contributed by atoms with van der Waals surface area (Å²) in [5, 5.41) is 14.8. The molecule has 3 rings (SSSR count). The van der Waals surface area contributed by atoms with Crippen molar-refractivity contribution >= 4 is 17.0 Å². The zero-order valence-electron chi connectivity index (χ0n) is 14.5. The number of thiophene rings is 1. The van der Waals surface area contributed by atoms with Crippen LogP contribution in [0.1, 0.15) is 49.4 Å². The molecule has 0 aromatic carbocycles. The lowest BCUT2D eigenvalue weighted by Crippen LogP contribution is -2.33. The van der Waals surface area contributed by atoms with E-state index in [2.05, 4.69) is 59.6 Å². The fourth-order valence-corrected chi connectivity index (χ4v) is 4.34. The molecule has 1 aliphatic heterocycles. The van der Waals surface area contributed by atoms with E-state index in [0.717, 1.165) is 37.4 Å². The summed E-state index contributed by atoms with van der Waals surface area (Å²) in [5.74, 6) is 0. The van der Waals surface area contributed by atoms with Gasteiger partial charge in [0.1, 0.15) is 6.07 Å². The summed E-state index contributed by atoms with van der Waals surface area (Å²) < 4.78 is 0. The van der Waals surface area contributed by atoms with Gasteiger partial charge in [-0.05, 0) is 37.0 Å². The van der Waals surface area contributed by atoms with E-state index >= 15 is 0 Å². The van der Waals surface area contributed by atoms with Gasteiger partial charge in [0.15, 0.2) is 0 Å². The van der Waals surface area contributed by atoms with E-state index in [1.54, 1.807) is 17.5 Å². The lowest BCUT2D eigenvalue weighted by Gasteiger charge is -2.31. The van der Waals surface area contributed by atoms with Crippen molar-refractivity contribution in [3.8, 4) is 6.07 Å². The second kappa shape index (κ2) is 6.92. The predicted molar refractivity (Wildman–Crippen MR) is 99.5 cm³/mol. The molecule has 0 unspecified atom stereocenters. The van der Waals surface area contributed by atoms with Crippen molar-refractivity contribution in [1.29, 1.82) is 5.26 Å². The lowest BCUT2D eigenvalue weighted by atomic mass is 9.91. The SMILES string of the molecule is CCNCC[C@@H](c1cccs1)N1CC(C)(C)c2ncc(C#N)cc21. The summed E-state index contributed by atoms with van der Waals surface area (Å²) in [5.41, 5.74) is 2.85. The minimum absolute atomic E-state index is 0.00296. The number of nitrogens with zero attached hydrogens (tertiary/aromatic N) is 3. The first-order chi connectivity index (χ1) is 11.6. The molecule has 2 aromatic rings. The van der Waals surface area contributed by atoms with Gasteiger partial charge in [0.05, 0.1) is 23.0 Å². The Kier molecular flexibility index (Phi) is 4.88. The molecule has 4 nitrogen and oxygen atoms in total. The number of nitrogens with one attached hydrogen (secondary N) is 1. The van der Waals surface area contributed by atoms with Gasteiger partial charge in [-0.15, -0.1) is 11.3 Å². The van der Waals surface area contributed by atoms with Crippen LogP contribution in [0, 0.1) is 11.3 Å². The quantitative estimate of drug-likeness (QED) is 0.812. The second-order valence-electron chi connectivity index (χ2n) is 6.89. The van der Waals surface area contributed by atoms with Crippen molar-refractivity contribution in [2.24, 2.45) is 0 Å². The smallest absolute Gasteiger partial charge is 0.101 e. The van der Waals surface area contributed by atoms with Crippen LogP contribution in [-0.4, -0.2) is 24.6 Å². The van der Waals surface area contributed by atoms with Crippen molar-refractivity contribution in [1.82, 2.24) is 10.3 Å². The van der Waals surface area contributed by atoms with Gasteiger partial charge in [0.25, 0.3) is 0 Å². The highest BCUT2D eigenvalue weighted by Gasteiger charge is 2.40. The van der Waals surface area contributed by atoms with Gasteiger partial charge < -0.3 is 10.2 Å². The van der Waals surface area contributed by atoms with Crippen molar-refractivity contribution in [3.05, 3.63) is 45.9 Å². The fraction of sp³-hybridized carbons (Fsp3) is 0.474. The molecule has 24 heavy (non-hydrogen) atoms. The minimum atomic E-state index is -0.00296. The summed E-state index contributed by atoms with van der Waals surface area (Å²) in [4.78, 5) is 8.44. The molecule has 3 heterocycles. The number of nitriles is 1. The Morgan fingerprint density at radius 1 is 1.50 bits per heavy atom. The average molecular weight is 340 g/mol. The number of hydrogen-bond donors (Lipinski definition) is 1. The number of pyridine rings is 1. The van der Waals surface area contributed by atoms with Gasteiger partial charge in [-0.2, -0.15) is 5.26 Å². The largest absolute Gasteiger partial charge is 0.361 e. The van der Waals surface area contributed by atoms with E-state index in [0.29, 0.717) is 11.6 Å². The molecular formula is C19H24N4S. The number of rotatable bonds is 6. The van der Waals surface area contributed by atoms with E-state index in [1.165, 1.54) is 4.88 Å². The van der Waals surface area contributed by atoms with Crippen LogP contribution in [0.25, 0.3) is 0 Å². The zero-order valence-corrected chi connectivity index (χ0v) is 15.4. The van der Waals surface area contributed by atoms with Crippen LogP contribution < -0.4 is 10.2 Å². The van der Waals surface area contributed by atoms with Crippen LogP contribution in [0.5, 0.6) is 0 Å². The maximum Gasteiger partial charge on any atom is 0.101 e. The van der Waals surface area contributed by atoms with Crippen LogP contribution in [0.4, 0.5) is 5.69 Å². The van der Waals surface area contributed by atoms with Crippen LogP contribution in [-0.2, 0) is 5.41 Å². The van der Waals surface area contributed by atoms with Crippen LogP contribution in [0.2, 0.25) is 0 Å². The fourth-order valence-electron chi connectivity index (χ4n) is 3.47. The van der Waals surface area contributed by atoms with E-state index in [4.69, 9.17) is 0 Å². The molecule has 1 atom stereocenters. The normalized spacial score (nSPS) is 16.7. The second-order valence-corrected chi connectivity index (χ2v) is 7.87. The Morgan fingerprint density at radius 2 is 2.33 bits per heavy atom. The highest BCUT2D eigenvalue weighted by molar-refractivity contribution is 7.10. The van der Waals surface area contributed by atoms with Crippen molar-refractivity contribution < 1.29 is 0 Å². The van der Waals surface area contributed by atoms with E-state index in [1.807, 2.05) is 6.07 Å². The molecule has 5 heteroatoms. The van der Waals surface area contributed by atoms with Crippen molar-refractivity contribution in [2.75, 3.05) is 24.5 Å². The number of fused-ring (bicyclic) bond motifs is 1. The van der Waals surface area contributed by atoms with Crippen LogP contribution >= 0.6 is 11.3 Å². The molecule has 0 amide bonds. The summed E-state index contributed by atoms with van der Waals surface area (Å²) in [6.07, 6.45) is 2.74. The Hall–Kier alpha value is -1.90. The molecule has 0 bridgehead atoms. The third-order valence-electron chi connectivity index (χ3n) is 4.61. The molecule has 1 aliphatic rings. The first-order valence-corrected chi connectivity index (χ1v) is 9.36. The summed E-state index contributed by atoms with van der Waals surface area (Å²) in [6, 6.07) is 8.89. The first-order valence-electron chi connectivity index (χ1n) is 8.48. The molecule has 0 saturated carbocycles. The Morgan fingerprint density at radius 3 is 3.00 bits per heavy atom. The van der Waals surface area contributed by atoms with Gasteiger partial charge in [0.2, 0.25) is 0 Å². The van der Waals surface area contributed by atoms with E-state index in [9.17, 15) is 5.26 Å². The van der Waals surface area contributed by atoms with Crippen LogP contribution in [0.15, 0.2) is 29.8 Å². The molecule has 0 aliphatic carbocycles. The summed E-state index contributed by atoms with van der Waals surface area (Å²) >= 11 is 1.81. The monoisotopic (exact) mass is 340 g/mol. The molecule has 0 saturated heterocycles. The molecule has 2 aromatic heterocycles. The standard InChI is InChI=1S/C19H24N4S/c1-4-21-8-7-15(17-6-5-9-24-17)23-13-19(2,3)18-16(23)10-14(11-20)12-22-18/h5-6,9-10,12,15,21H,4,7-8,13H2,1-3H3/t15-/m0/s1. The van der Waals surface area contributed by atoms with Gasteiger partial charge in [-0.3, -0.25) is 4.98 Å². The topological polar surface area (TPSA) is 52.0 Å². The zero-order chi connectivity index (χ0) is 17.2. The first kappa shape index (κ1) is 16.9. The maximum absolute atomic E-state index is 9.26. The number of aromatic nitrogens is 1. The number of anilines is 1. The summed E-state index contributed by atoms with van der Waals surface area (Å²) in [6.45, 7) is 9.51.